The predicted octanol–water partition coefficient (Wildman–Crippen LogP) is 2.38. The first kappa shape index (κ1) is 22.5. The molecule has 0 aliphatic rings. The quantitative estimate of drug-likeness (QED) is 0.672. The van der Waals surface area contributed by atoms with Gasteiger partial charge in [0.2, 0.25) is 15.9 Å². The number of carbonyl (C=O) groups is 2. The van der Waals surface area contributed by atoms with E-state index in [1.165, 1.54) is 57.7 Å². The van der Waals surface area contributed by atoms with Gasteiger partial charge in [0, 0.05) is 37.3 Å². The lowest BCUT2D eigenvalue weighted by Crippen LogP contribution is -2.34. The Balaban J connectivity index is 2.33. The third-order valence-corrected chi connectivity index (χ3v) is 6.47. The molecule has 2 rings (SSSR count). The van der Waals surface area contributed by atoms with Crippen molar-refractivity contribution < 1.29 is 22.4 Å². The summed E-state index contributed by atoms with van der Waals surface area (Å²) in [7, 11) is -3.64. The first-order valence-electron chi connectivity index (χ1n) is 9.16. The number of hydrogen-bond donors (Lipinski definition) is 1. The fourth-order valence-corrected chi connectivity index (χ4v) is 4.29. The molecule has 0 radical (unpaired) electrons. The Morgan fingerprint density at radius 2 is 1.52 bits per heavy atom. The third-order valence-electron chi connectivity index (χ3n) is 4.41. The minimum Gasteiger partial charge on any atom is -0.370 e. The zero-order chi connectivity index (χ0) is 21.6. The Morgan fingerprint density at radius 3 is 2.00 bits per heavy atom. The lowest BCUT2D eigenvalue weighted by atomic mass is 10.1. The van der Waals surface area contributed by atoms with Gasteiger partial charge in [0.25, 0.3) is 5.91 Å². The number of nitrogens with zero attached hydrogens (tertiary/aromatic N) is 2. The first-order valence-corrected chi connectivity index (χ1v) is 10.6. The predicted molar refractivity (Wildman–Crippen MR) is 108 cm³/mol. The average molecular weight is 421 g/mol. The van der Waals surface area contributed by atoms with Gasteiger partial charge in [-0.05, 0) is 48.5 Å². The molecule has 0 unspecified atom stereocenters. The average Bonchev–Trinajstić information content (AvgIpc) is 2.70. The zero-order valence-corrected chi connectivity index (χ0v) is 17.2. The van der Waals surface area contributed by atoms with Gasteiger partial charge in [-0.1, -0.05) is 13.8 Å². The summed E-state index contributed by atoms with van der Waals surface area (Å²) in [5, 5.41) is 0. The van der Waals surface area contributed by atoms with Crippen LogP contribution in [0.25, 0.3) is 0 Å². The van der Waals surface area contributed by atoms with E-state index in [2.05, 4.69) is 0 Å². The molecular formula is C20H24FN3O4S. The Bertz CT molecular complexity index is 956. The second-order valence-corrected chi connectivity index (χ2v) is 8.20. The molecule has 0 heterocycles. The molecule has 0 spiro atoms. The molecule has 9 heteroatoms. The normalized spacial score (nSPS) is 11.4. The molecule has 7 nitrogen and oxygen atoms in total. The number of nitrogens with two attached hydrogens (primary N) is 1. The van der Waals surface area contributed by atoms with E-state index in [1.807, 2.05) is 0 Å². The lowest BCUT2D eigenvalue weighted by molar-refractivity contribution is -0.117. The Labute approximate surface area is 170 Å². The Hall–Kier alpha value is -2.78. The van der Waals surface area contributed by atoms with Gasteiger partial charge in [-0.15, -0.1) is 0 Å². The van der Waals surface area contributed by atoms with Crippen LogP contribution in [-0.4, -0.2) is 44.2 Å². The summed E-state index contributed by atoms with van der Waals surface area (Å²) in [5.41, 5.74) is 5.83. The lowest BCUT2D eigenvalue weighted by Gasteiger charge is -2.23. The van der Waals surface area contributed by atoms with Crippen molar-refractivity contribution in [3.05, 3.63) is 59.9 Å². The van der Waals surface area contributed by atoms with E-state index in [0.29, 0.717) is 18.8 Å². The van der Waals surface area contributed by atoms with Crippen LogP contribution >= 0.6 is 0 Å². The molecule has 156 valence electrons. The summed E-state index contributed by atoms with van der Waals surface area (Å²) in [6.07, 6.45) is -0.0719. The molecule has 2 aromatic carbocycles. The standard InChI is InChI=1S/C20H24FN3O4S/c1-3-23(4-2)29(27,28)18-11-5-15(6-12-18)20(26)24(14-13-19(22)25)17-9-7-16(21)8-10-17/h5-12H,3-4,13-14H2,1-2H3,(H2,22,25). The van der Waals surface area contributed by atoms with Crippen LogP contribution in [0.3, 0.4) is 0 Å². The summed E-state index contributed by atoms with van der Waals surface area (Å²) >= 11 is 0. The van der Waals surface area contributed by atoms with E-state index in [1.54, 1.807) is 13.8 Å². The molecule has 2 aromatic rings. The van der Waals surface area contributed by atoms with Crippen molar-refractivity contribution >= 4 is 27.5 Å². The molecule has 0 saturated carbocycles. The second kappa shape index (κ2) is 9.62. The highest BCUT2D eigenvalue weighted by molar-refractivity contribution is 7.89. The molecule has 2 amide bonds. The maximum absolute atomic E-state index is 13.2. The van der Waals surface area contributed by atoms with Crippen molar-refractivity contribution in [1.82, 2.24) is 4.31 Å². The minimum absolute atomic E-state index is 0.0132. The molecule has 0 bridgehead atoms. The number of benzene rings is 2. The van der Waals surface area contributed by atoms with Gasteiger partial charge in [-0.25, -0.2) is 12.8 Å². The highest BCUT2D eigenvalue weighted by atomic mass is 32.2. The van der Waals surface area contributed by atoms with Crippen molar-refractivity contribution in [2.45, 2.75) is 25.2 Å². The van der Waals surface area contributed by atoms with Crippen LogP contribution in [-0.2, 0) is 14.8 Å². The molecule has 29 heavy (non-hydrogen) atoms. The summed E-state index contributed by atoms with van der Waals surface area (Å²) in [6, 6.07) is 10.8. The van der Waals surface area contributed by atoms with Gasteiger partial charge in [0.05, 0.1) is 4.90 Å². The van der Waals surface area contributed by atoms with Crippen LogP contribution in [0.1, 0.15) is 30.6 Å². The number of rotatable bonds is 9. The summed E-state index contributed by atoms with van der Waals surface area (Å²) in [5.74, 6) is -1.49. The SMILES string of the molecule is CCN(CC)S(=O)(=O)c1ccc(C(=O)N(CCC(N)=O)c2ccc(F)cc2)cc1. The van der Waals surface area contributed by atoms with Gasteiger partial charge in [0.1, 0.15) is 5.82 Å². The second-order valence-electron chi connectivity index (χ2n) is 6.26. The molecule has 0 aromatic heterocycles. The van der Waals surface area contributed by atoms with Gasteiger partial charge in [-0.2, -0.15) is 4.31 Å². The molecule has 2 N–H and O–H groups in total. The fraction of sp³-hybridized carbons (Fsp3) is 0.300. The summed E-state index contributed by atoms with van der Waals surface area (Å²) < 4.78 is 39.7. The van der Waals surface area contributed by atoms with E-state index >= 15 is 0 Å². The van der Waals surface area contributed by atoms with E-state index in [9.17, 15) is 22.4 Å². The van der Waals surface area contributed by atoms with E-state index < -0.39 is 27.7 Å². The van der Waals surface area contributed by atoms with Gasteiger partial charge >= 0.3 is 0 Å². The Morgan fingerprint density at radius 1 is 0.966 bits per heavy atom. The number of carbonyl (C=O) groups excluding carboxylic acids is 2. The van der Waals surface area contributed by atoms with Gasteiger partial charge in [0.15, 0.2) is 0 Å². The number of sulfonamides is 1. The molecular weight excluding hydrogens is 397 g/mol. The largest absolute Gasteiger partial charge is 0.370 e. The van der Waals surface area contributed by atoms with Gasteiger partial charge in [-0.3, -0.25) is 9.59 Å². The van der Waals surface area contributed by atoms with E-state index in [0.717, 1.165) is 0 Å². The smallest absolute Gasteiger partial charge is 0.258 e. The van der Waals surface area contributed by atoms with Gasteiger partial charge < -0.3 is 10.6 Å². The Kier molecular flexibility index (Phi) is 7.46. The minimum atomic E-state index is -3.64. The van der Waals surface area contributed by atoms with Crippen molar-refractivity contribution in [3.63, 3.8) is 0 Å². The van der Waals surface area contributed by atoms with Crippen molar-refractivity contribution in [1.29, 1.82) is 0 Å². The molecule has 0 saturated heterocycles. The highest BCUT2D eigenvalue weighted by Gasteiger charge is 2.23. The molecule has 0 atom stereocenters. The topological polar surface area (TPSA) is 101 Å². The fourth-order valence-electron chi connectivity index (χ4n) is 2.83. The van der Waals surface area contributed by atoms with Crippen molar-refractivity contribution in [2.24, 2.45) is 5.73 Å². The zero-order valence-electron chi connectivity index (χ0n) is 16.3. The molecule has 0 fully saturated rings. The van der Waals surface area contributed by atoms with Crippen LogP contribution < -0.4 is 10.6 Å². The number of hydrogen-bond acceptors (Lipinski definition) is 4. The maximum Gasteiger partial charge on any atom is 0.258 e. The summed E-state index contributed by atoms with van der Waals surface area (Å²) in [6.45, 7) is 4.19. The van der Waals surface area contributed by atoms with Crippen molar-refractivity contribution in [3.8, 4) is 0 Å². The summed E-state index contributed by atoms with van der Waals surface area (Å²) in [4.78, 5) is 25.5. The third kappa shape index (κ3) is 5.39. The molecule has 0 aliphatic heterocycles. The van der Waals surface area contributed by atoms with Crippen LogP contribution in [0.4, 0.5) is 10.1 Å². The van der Waals surface area contributed by atoms with Crippen LogP contribution in [0.5, 0.6) is 0 Å². The number of anilines is 1. The molecule has 0 aliphatic carbocycles. The van der Waals surface area contributed by atoms with Crippen LogP contribution in [0.2, 0.25) is 0 Å². The van der Waals surface area contributed by atoms with Crippen molar-refractivity contribution in [2.75, 3.05) is 24.5 Å². The first-order chi connectivity index (χ1) is 13.7. The maximum atomic E-state index is 13.2. The number of primary amides is 1. The van der Waals surface area contributed by atoms with E-state index in [-0.39, 0.29) is 23.4 Å². The van der Waals surface area contributed by atoms with Crippen LogP contribution in [0.15, 0.2) is 53.4 Å². The monoisotopic (exact) mass is 421 g/mol. The van der Waals surface area contributed by atoms with E-state index in [4.69, 9.17) is 5.73 Å². The van der Waals surface area contributed by atoms with Crippen LogP contribution in [0, 0.1) is 5.82 Å². The number of halogens is 1. The highest BCUT2D eigenvalue weighted by Crippen LogP contribution is 2.21. The number of amides is 2.